The smallest absolute Gasteiger partial charge is 0.0996 e. The third-order valence-electron chi connectivity index (χ3n) is 0.985. The van der Waals surface area contributed by atoms with Crippen LogP contribution < -0.4 is 5.32 Å². The molecule has 0 heterocycles. The SMILES string of the molecule is N#CCCNC(=S)/C=C\CN=O. The lowest BCUT2D eigenvalue weighted by molar-refractivity contribution is 0.910. The molecule has 12 heavy (non-hydrogen) atoms. The molecule has 0 aliphatic rings. The summed E-state index contributed by atoms with van der Waals surface area (Å²) in [6.07, 6.45) is 3.57. The van der Waals surface area contributed by atoms with Crippen LogP contribution in [0.15, 0.2) is 17.3 Å². The summed E-state index contributed by atoms with van der Waals surface area (Å²) in [5.74, 6) is 0. The van der Waals surface area contributed by atoms with Crippen LogP contribution in [0.25, 0.3) is 0 Å². The van der Waals surface area contributed by atoms with Crippen molar-refractivity contribution in [2.45, 2.75) is 6.42 Å². The zero-order chi connectivity index (χ0) is 9.23. The van der Waals surface area contributed by atoms with Crippen LogP contribution in [0.2, 0.25) is 0 Å². The van der Waals surface area contributed by atoms with Crippen LogP contribution in [0.5, 0.6) is 0 Å². The van der Waals surface area contributed by atoms with Gasteiger partial charge in [0.25, 0.3) is 0 Å². The Hall–Kier alpha value is -1.28. The van der Waals surface area contributed by atoms with E-state index in [4.69, 9.17) is 17.5 Å². The van der Waals surface area contributed by atoms with Crippen LogP contribution in [-0.4, -0.2) is 18.1 Å². The van der Waals surface area contributed by atoms with Crippen LogP contribution in [-0.2, 0) is 0 Å². The third-order valence-corrected chi connectivity index (χ3v) is 1.27. The molecule has 1 N–H and O–H groups in total. The van der Waals surface area contributed by atoms with E-state index in [1.54, 1.807) is 12.2 Å². The highest BCUT2D eigenvalue weighted by Gasteiger charge is 1.87. The average molecular weight is 183 g/mol. The van der Waals surface area contributed by atoms with E-state index in [-0.39, 0.29) is 6.54 Å². The minimum atomic E-state index is 0.125. The van der Waals surface area contributed by atoms with Crippen molar-refractivity contribution in [1.82, 2.24) is 5.32 Å². The molecule has 64 valence electrons. The van der Waals surface area contributed by atoms with E-state index in [1.807, 2.05) is 6.07 Å². The van der Waals surface area contributed by atoms with Crippen LogP contribution in [0, 0.1) is 16.2 Å². The molecule has 0 aliphatic carbocycles. The van der Waals surface area contributed by atoms with Gasteiger partial charge in [-0.2, -0.15) is 10.2 Å². The second kappa shape index (κ2) is 7.82. The summed E-state index contributed by atoms with van der Waals surface area (Å²) in [6.45, 7) is 0.661. The first-order chi connectivity index (χ1) is 5.81. The molecule has 0 unspecified atom stereocenters. The summed E-state index contributed by atoms with van der Waals surface area (Å²) < 4.78 is 0. The van der Waals surface area contributed by atoms with Gasteiger partial charge in [-0.3, -0.25) is 0 Å². The molecule has 0 bridgehead atoms. The van der Waals surface area contributed by atoms with Gasteiger partial charge in [0, 0.05) is 6.54 Å². The second-order valence-corrected chi connectivity index (χ2v) is 2.35. The molecule has 4 nitrogen and oxygen atoms in total. The Morgan fingerprint density at radius 2 is 2.50 bits per heavy atom. The maximum atomic E-state index is 9.64. The minimum absolute atomic E-state index is 0.125. The van der Waals surface area contributed by atoms with E-state index >= 15 is 0 Å². The molecular formula is C7H9N3OS. The number of nitrogens with one attached hydrogen (secondary N) is 1. The van der Waals surface area contributed by atoms with Crippen molar-refractivity contribution in [3.63, 3.8) is 0 Å². The van der Waals surface area contributed by atoms with E-state index in [0.29, 0.717) is 18.0 Å². The highest BCUT2D eigenvalue weighted by atomic mass is 32.1. The fourth-order valence-corrected chi connectivity index (χ4v) is 0.702. The summed E-state index contributed by atoms with van der Waals surface area (Å²) >= 11 is 4.83. The molecule has 5 heteroatoms. The minimum Gasteiger partial charge on any atom is -0.375 e. The van der Waals surface area contributed by atoms with Crippen molar-refractivity contribution in [2.75, 3.05) is 13.1 Å². The van der Waals surface area contributed by atoms with Crippen molar-refractivity contribution < 1.29 is 0 Å². The third kappa shape index (κ3) is 6.83. The molecule has 0 amide bonds. The van der Waals surface area contributed by atoms with Crippen molar-refractivity contribution in [1.29, 1.82) is 5.26 Å². The predicted octanol–water partition coefficient (Wildman–Crippen LogP) is 1.14. The van der Waals surface area contributed by atoms with Crippen molar-refractivity contribution in [3.05, 3.63) is 17.1 Å². The number of nitrogens with zero attached hydrogens (tertiary/aromatic N) is 2. The zero-order valence-electron chi connectivity index (χ0n) is 6.49. The van der Waals surface area contributed by atoms with Crippen LogP contribution in [0.4, 0.5) is 0 Å². The van der Waals surface area contributed by atoms with Crippen molar-refractivity contribution >= 4 is 17.2 Å². The lowest BCUT2D eigenvalue weighted by Gasteiger charge is -1.98. The summed E-state index contributed by atoms with van der Waals surface area (Å²) in [5.41, 5.74) is 0. The molecule has 0 radical (unpaired) electrons. The molecule has 0 saturated carbocycles. The van der Waals surface area contributed by atoms with Gasteiger partial charge < -0.3 is 5.32 Å². The zero-order valence-corrected chi connectivity index (χ0v) is 7.30. The van der Waals surface area contributed by atoms with E-state index < -0.39 is 0 Å². The Morgan fingerprint density at radius 3 is 3.08 bits per heavy atom. The van der Waals surface area contributed by atoms with Gasteiger partial charge in [-0.1, -0.05) is 23.5 Å². The molecule has 0 fully saturated rings. The lowest BCUT2D eigenvalue weighted by atomic mass is 10.4. The summed E-state index contributed by atoms with van der Waals surface area (Å²) in [5, 5.41) is 13.6. The maximum absolute atomic E-state index is 9.64. The Bertz CT molecular complexity index is 219. The molecule has 0 aromatic heterocycles. The molecule has 0 aromatic rings. The van der Waals surface area contributed by atoms with Crippen LogP contribution >= 0.6 is 12.2 Å². The molecule has 0 saturated heterocycles. The van der Waals surface area contributed by atoms with Gasteiger partial charge in [0.05, 0.1) is 24.0 Å². The van der Waals surface area contributed by atoms with Gasteiger partial charge in [-0.05, 0) is 6.08 Å². The van der Waals surface area contributed by atoms with E-state index in [2.05, 4.69) is 10.5 Å². The highest BCUT2D eigenvalue weighted by Crippen LogP contribution is 1.80. The number of thiocarbonyl (C=S) groups is 1. The normalized spacial score (nSPS) is 9.25. The molecule has 0 spiro atoms. The first kappa shape index (κ1) is 10.7. The largest absolute Gasteiger partial charge is 0.375 e. The van der Waals surface area contributed by atoms with Gasteiger partial charge >= 0.3 is 0 Å². The standard InChI is InChI=1S/C7H9N3OS/c8-4-2-5-9-7(12)3-1-6-10-11/h1,3H,2,5-6H2,(H,9,12)/b3-1-. The molecule has 0 atom stereocenters. The summed E-state index contributed by atoms with van der Waals surface area (Å²) in [6, 6.07) is 1.98. The van der Waals surface area contributed by atoms with E-state index in [1.165, 1.54) is 0 Å². The van der Waals surface area contributed by atoms with Gasteiger partial charge in [-0.15, -0.1) is 0 Å². The topological polar surface area (TPSA) is 65.2 Å². The average Bonchev–Trinajstić information content (AvgIpc) is 2.06. The molecule has 0 aliphatic heterocycles. The second-order valence-electron chi connectivity index (χ2n) is 1.91. The maximum Gasteiger partial charge on any atom is 0.0996 e. The van der Waals surface area contributed by atoms with Crippen LogP contribution in [0.1, 0.15) is 6.42 Å². The van der Waals surface area contributed by atoms with Crippen molar-refractivity contribution in [2.24, 2.45) is 5.18 Å². The Kier molecular flexibility index (Phi) is 6.99. The fraction of sp³-hybridized carbons (Fsp3) is 0.429. The summed E-state index contributed by atoms with van der Waals surface area (Å²) in [7, 11) is 0. The first-order valence-corrected chi connectivity index (χ1v) is 3.82. The van der Waals surface area contributed by atoms with Gasteiger partial charge in [-0.25, -0.2) is 0 Å². The van der Waals surface area contributed by atoms with E-state index in [0.717, 1.165) is 0 Å². The number of rotatable bonds is 5. The Labute approximate surface area is 76.2 Å². The quantitative estimate of drug-likeness (QED) is 0.300. The number of hydrogen-bond donors (Lipinski definition) is 1. The number of hydrogen-bond acceptors (Lipinski definition) is 4. The Morgan fingerprint density at radius 1 is 1.75 bits per heavy atom. The predicted molar refractivity (Wildman–Crippen MR) is 50.6 cm³/mol. The molecular weight excluding hydrogens is 174 g/mol. The first-order valence-electron chi connectivity index (χ1n) is 3.41. The molecule has 0 aromatic carbocycles. The van der Waals surface area contributed by atoms with Crippen LogP contribution in [0.3, 0.4) is 0 Å². The molecule has 0 rings (SSSR count). The van der Waals surface area contributed by atoms with Gasteiger partial charge in [0.2, 0.25) is 0 Å². The lowest BCUT2D eigenvalue weighted by Crippen LogP contribution is -2.19. The van der Waals surface area contributed by atoms with Gasteiger partial charge in [0.1, 0.15) is 0 Å². The highest BCUT2D eigenvalue weighted by molar-refractivity contribution is 7.80. The Balaban J connectivity index is 3.46. The number of nitriles is 1. The summed E-state index contributed by atoms with van der Waals surface area (Å²) in [4.78, 5) is 10.2. The number of nitroso groups, excluding NO2 is 1. The fourth-order valence-electron chi connectivity index (χ4n) is 0.503. The monoisotopic (exact) mass is 183 g/mol. The van der Waals surface area contributed by atoms with Crippen molar-refractivity contribution in [3.8, 4) is 6.07 Å². The van der Waals surface area contributed by atoms with E-state index in [9.17, 15) is 4.91 Å². The van der Waals surface area contributed by atoms with Gasteiger partial charge in [0.15, 0.2) is 0 Å².